The average molecular weight is 414 g/mol. The number of amides is 1. The van der Waals surface area contributed by atoms with Gasteiger partial charge in [0.1, 0.15) is 23.2 Å². The molecule has 4 rings (SSSR count). The molecule has 0 bridgehead atoms. The number of nitrogens with one attached hydrogen (secondary N) is 1. The molecule has 1 saturated heterocycles. The lowest BCUT2D eigenvalue weighted by molar-refractivity contribution is -0.112. The molecule has 1 aromatic heterocycles. The van der Waals surface area contributed by atoms with Gasteiger partial charge < -0.3 is 19.7 Å². The van der Waals surface area contributed by atoms with Crippen molar-refractivity contribution in [2.75, 3.05) is 43.6 Å². The van der Waals surface area contributed by atoms with Crippen molar-refractivity contribution in [3.8, 4) is 11.8 Å². The van der Waals surface area contributed by atoms with E-state index in [1.807, 2.05) is 36.4 Å². The lowest BCUT2D eigenvalue weighted by Gasteiger charge is -2.29. The number of anilines is 2. The Morgan fingerprint density at radius 1 is 1.19 bits per heavy atom. The number of carbonyl (C=O) groups is 1. The first-order chi connectivity index (χ1) is 15.2. The number of ether oxygens (including phenoxy) is 2. The Kier molecular flexibility index (Phi) is 6.11. The summed E-state index contributed by atoms with van der Waals surface area (Å²) >= 11 is 0. The first kappa shape index (κ1) is 20.4. The first-order valence-corrected chi connectivity index (χ1v) is 9.97. The number of para-hydroxylation sites is 1. The standard InChI is InChI=1S/C24H22N4O3/c1-30-21-7-4-6-20(15-21)26-24(29)19(16-25)14-18-13-17-5-2-3-8-22(17)27-23(18)28-9-11-31-12-10-28/h2-8,13-15H,9-12H2,1H3,(H,26,29)/b19-14-. The number of aromatic nitrogens is 1. The Labute approximate surface area is 180 Å². The molecule has 156 valence electrons. The monoisotopic (exact) mass is 414 g/mol. The second-order valence-electron chi connectivity index (χ2n) is 7.05. The summed E-state index contributed by atoms with van der Waals surface area (Å²) in [7, 11) is 1.56. The molecule has 2 heterocycles. The second-order valence-corrected chi connectivity index (χ2v) is 7.05. The molecule has 1 amide bonds. The van der Waals surface area contributed by atoms with Gasteiger partial charge in [-0.15, -0.1) is 0 Å². The van der Waals surface area contributed by atoms with Crippen LogP contribution in [0, 0.1) is 11.3 Å². The summed E-state index contributed by atoms with van der Waals surface area (Å²) in [6, 6.07) is 18.8. The number of hydrogen-bond acceptors (Lipinski definition) is 6. The summed E-state index contributed by atoms with van der Waals surface area (Å²) in [5, 5.41) is 13.4. The van der Waals surface area contributed by atoms with Crippen LogP contribution in [-0.4, -0.2) is 44.3 Å². The van der Waals surface area contributed by atoms with Crippen LogP contribution in [0.4, 0.5) is 11.5 Å². The van der Waals surface area contributed by atoms with Crippen LogP contribution in [0.25, 0.3) is 17.0 Å². The van der Waals surface area contributed by atoms with Gasteiger partial charge in [-0.05, 0) is 30.3 Å². The summed E-state index contributed by atoms with van der Waals surface area (Å²) in [5.74, 6) is 0.870. The fourth-order valence-corrected chi connectivity index (χ4v) is 3.46. The molecule has 0 radical (unpaired) electrons. The Morgan fingerprint density at radius 2 is 2.00 bits per heavy atom. The van der Waals surface area contributed by atoms with Gasteiger partial charge in [0.15, 0.2) is 0 Å². The highest BCUT2D eigenvalue weighted by molar-refractivity contribution is 6.10. The van der Waals surface area contributed by atoms with Crippen LogP contribution in [0.2, 0.25) is 0 Å². The fraction of sp³-hybridized carbons (Fsp3) is 0.208. The number of nitriles is 1. The minimum atomic E-state index is -0.489. The number of hydrogen-bond donors (Lipinski definition) is 1. The van der Waals surface area contributed by atoms with Gasteiger partial charge in [0.25, 0.3) is 5.91 Å². The SMILES string of the molecule is COc1cccc(NC(=O)/C(C#N)=C\c2cc3ccccc3nc2N2CCOCC2)c1. The third-order valence-electron chi connectivity index (χ3n) is 5.04. The van der Waals surface area contributed by atoms with Gasteiger partial charge in [0.05, 0.1) is 25.8 Å². The van der Waals surface area contributed by atoms with Gasteiger partial charge in [0, 0.05) is 35.8 Å². The van der Waals surface area contributed by atoms with Crippen molar-refractivity contribution in [2.24, 2.45) is 0 Å². The number of morpholine rings is 1. The predicted octanol–water partition coefficient (Wildman–Crippen LogP) is 3.63. The molecule has 1 aliphatic heterocycles. The van der Waals surface area contributed by atoms with E-state index in [-0.39, 0.29) is 5.57 Å². The predicted molar refractivity (Wildman–Crippen MR) is 120 cm³/mol. The van der Waals surface area contributed by atoms with Gasteiger partial charge in [0.2, 0.25) is 0 Å². The fourth-order valence-electron chi connectivity index (χ4n) is 3.46. The van der Waals surface area contributed by atoms with Crippen molar-refractivity contribution in [2.45, 2.75) is 0 Å². The lowest BCUT2D eigenvalue weighted by Crippen LogP contribution is -2.37. The van der Waals surface area contributed by atoms with Crippen LogP contribution >= 0.6 is 0 Å². The van der Waals surface area contributed by atoms with Crippen molar-refractivity contribution in [3.05, 3.63) is 65.7 Å². The molecule has 3 aromatic rings. The largest absolute Gasteiger partial charge is 0.497 e. The zero-order valence-corrected chi connectivity index (χ0v) is 17.2. The van der Waals surface area contributed by atoms with Crippen LogP contribution in [0.1, 0.15) is 5.56 Å². The van der Waals surface area contributed by atoms with E-state index < -0.39 is 5.91 Å². The van der Waals surface area contributed by atoms with Gasteiger partial charge >= 0.3 is 0 Å². The van der Waals surface area contributed by atoms with Gasteiger partial charge in [-0.1, -0.05) is 24.3 Å². The summed E-state index contributed by atoms with van der Waals surface area (Å²) < 4.78 is 10.7. The summed E-state index contributed by atoms with van der Waals surface area (Å²) in [6.07, 6.45) is 1.60. The van der Waals surface area contributed by atoms with E-state index in [9.17, 15) is 10.1 Å². The highest BCUT2D eigenvalue weighted by Crippen LogP contribution is 2.27. The molecule has 0 aliphatic carbocycles. The van der Waals surface area contributed by atoms with Crippen LogP contribution in [0.5, 0.6) is 5.75 Å². The molecule has 0 saturated carbocycles. The molecule has 1 fully saturated rings. The Bertz CT molecular complexity index is 1180. The maximum absolute atomic E-state index is 12.8. The van der Waals surface area contributed by atoms with Crippen molar-refractivity contribution in [1.29, 1.82) is 5.26 Å². The minimum absolute atomic E-state index is 0.00518. The number of fused-ring (bicyclic) bond motifs is 1. The molecule has 1 N–H and O–H groups in total. The Hall–Kier alpha value is -3.89. The maximum atomic E-state index is 12.8. The number of carbonyl (C=O) groups excluding carboxylic acids is 1. The average Bonchev–Trinajstić information content (AvgIpc) is 2.82. The molecule has 0 unspecified atom stereocenters. The third-order valence-corrected chi connectivity index (χ3v) is 5.04. The second kappa shape index (κ2) is 9.28. The third kappa shape index (κ3) is 4.65. The van der Waals surface area contributed by atoms with Crippen LogP contribution in [0.3, 0.4) is 0 Å². The van der Waals surface area contributed by atoms with E-state index in [1.165, 1.54) is 0 Å². The zero-order chi connectivity index (χ0) is 21.6. The lowest BCUT2D eigenvalue weighted by atomic mass is 10.1. The van der Waals surface area contributed by atoms with Gasteiger partial charge in [-0.2, -0.15) is 5.26 Å². The van der Waals surface area contributed by atoms with Crippen molar-refractivity contribution in [1.82, 2.24) is 4.98 Å². The molecule has 2 aromatic carbocycles. The normalized spacial score (nSPS) is 14.2. The van der Waals surface area contributed by atoms with E-state index >= 15 is 0 Å². The van der Waals surface area contributed by atoms with Gasteiger partial charge in [-0.3, -0.25) is 4.79 Å². The molecule has 7 heteroatoms. The highest BCUT2D eigenvalue weighted by Gasteiger charge is 2.18. The number of benzene rings is 2. The smallest absolute Gasteiger partial charge is 0.266 e. The molecular formula is C24H22N4O3. The topological polar surface area (TPSA) is 87.5 Å². The highest BCUT2D eigenvalue weighted by atomic mass is 16.5. The maximum Gasteiger partial charge on any atom is 0.266 e. The van der Waals surface area contributed by atoms with Gasteiger partial charge in [-0.25, -0.2) is 4.98 Å². The minimum Gasteiger partial charge on any atom is -0.497 e. The molecule has 1 aliphatic rings. The number of pyridine rings is 1. The van der Waals surface area contributed by atoms with E-state index in [4.69, 9.17) is 14.5 Å². The van der Waals surface area contributed by atoms with Crippen LogP contribution < -0.4 is 15.0 Å². The number of rotatable bonds is 5. The Morgan fingerprint density at radius 3 is 2.77 bits per heavy atom. The van der Waals surface area contributed by atoms with E-state index in [1.54, 1.807) is 37.5 Å². The van der Waals surface area contributed by atoms with E-state index in [0.29, 0.717) is 37.7 Å². The summed E-state index contributed by atoms with van der Waals surface area (Å²) in [6.45, 7) is 2.62. The molecule has 7 nitrogen and oxygen atoms in total. The molecule has 0 atom stereocenters. The van der Waals surface area contributed by atoms with Crippen molar-refractivity contribution >= 4 is 34.4 Å². The quantitative estimate of drug-likeness (QED) is 0.507. The van der Waals surface area contributed by atoms with Crippen molar-refractivity contribution < 1.29 is 14.3 Å². The first-order valence-electron chi connectivity index (χ1n) is 9.97. The van der Waals surface area contributed by atoms with Crippen molar-refractivity contribution in [3.63, 3.8) is 0 Å². The summed E-state index contributed by atoms with van der Waals surface area (Å²) in [4.78, 5) is 19.7. The number of nitrogens with zero attached hydrogens (tertiary/aromatic N) is 3. The zero-order valence-electron chi connectivity index (χ0n) is 17.2. The van der Waals surface area contributed by atoms with E-state index in [2.05, 4.69) is 10.2 Å². The summed E-state index contributed by atoms with van der Waals surface area (Å²) in [5.41, 5.74) is 2.13. The van der Waals surface area contributed by atoms with Crippen LogP contribution in [-0.2, 0) is 9.53 Å². The molecule has 31 heavy (non-hydrogen) atoms. The molecule has 0 spiro atoms. The Balaban J connectivity index is 1.71. The molecular weight excluding hydrogens is 392 g/mol. The number of methoxy groups -OCH3 is 1. The van der Waals surface area contributed by atoms with Crippen LogP contribution in [0.15, 0.2) is 60.2 Å². The van der Waals surface area contributed by atoms with E-state index in [0.717, 1.165) is 22.3 Å².